The van der Waals surface area contributed by atoms with Gasteiger partial charge >= 0.3 is 0 Å². The molecule has 2 aliphatic rings. The van der Waals surface area contributed by atoms with Crippen molar-refractivity contribution in [2.75, 3.05) is 19.7 Å². The van der Waals surface area contributed by atoms with Crippen molar-refractivity contribution in [1.29, 1.82) is 0 Å². The van der Waals surface area contributed by atoms with Crippen LogP contribution in [0.2, 0.25) is 0 Å². The quantitative estimate of drug-likeness (QED) is 0.888. The van der Waals surface area contributed by atoms with E-state index in [-0.39, 0.29) is 18.0 Å². The summed E-state index contributed by atoms with van der Waals surface area (Å²) in [4.78, 5) is -0.347. The van der Waals surface area contributed by atoms with Crippen LogP contribution in [0.15, 0.2) is 29.2 Å². The van der Waals surface area contributed by atoms with Gasteiger partial charge in [0.1, 0.15) is 10.7 Å². The summed E-state index contributed by atoms with van der Waals surface area (Å²) in [6, 6.07) is 5.29. The molecule has 116 valence electrons. The van der Waals surface area contributed by atoms with E-state index in [0.717, 1.165) is 23.2 Å². The Bertz CT molecular complexity index is 628. The van der Waals surface area contributed by atoms with E-state index < -0.39 is 27.5 Å². The molecule has 7 heteroatoms. The monoisotopic (exact) mass is 315 g/mol. The number of aliphatic hydroxyl groups excluding tert-OH is 1. The van der Waals surface area contributed by atoms with Crippen molar-refractivity contribution < 1.29 is 22.7 Å². The van der Waals surface area contributed by atoms with Crippen molar-refractivity contribution in [3.05, 3.63) is 30.1 Å². The molecule has 1 aromatic rings. The number of aliphatic hydroxyl groups is 1. The van der Waals surface area contributed by atoms with Gasteiger partial charge in [0.25, 0.3) is 0 Å². The zero-order valence-electron chi connectivity index (χ0n) is 11.5. The predicted molar refractivity (Wildman–Crippen MR) is 73.7 cm³/mol. The number of halogens is 1. The molecule has 2 heterocycles. The number of sulfonamides is 1. The van der Waals surface area contributed by atoms with Crippen molar-refractivity contribution in [2.24, 2.45) is 0 Å². The second kappa shape index (κ2) is 5.31. The molecule has 0 saturated carbocycles. The Labute approximate surface area is 123 Å². The molecule has 0 aliphatic carbocycles. The second-order valence-corrected chi connectivity index (χ2v) is 7.48. The first-order valence-corrected chi connectivity index (χ1v) is 8.46. The maximum atomic E-state index is 13.7. The van der Waals surface area contributed by atoms with Gasteiger partial charge < -0.3 is 9.84 Å². The Kier molecular flexibility index (Phi) is 3.77. The highest BCUT2D eigenvalue weighted by Crippen LogP contribution is 2.37. The fourth-order valence-corrected chi connectivity index (χ4v) is 4.63. The molecule has 0 radical (unpaired) electrons. The first-order chi connectivity index (χ1) is 9.96. The Morgan fingerprint density at radius 2 is 2.10 bits per heavy atom. The van der Waals surface area contributed by atoms with E-state index in [9.17, 15) is 17.9 Å². The lowest BCUT2D eigenvalue weighted by Gasteiger charge is -2.41. The average molecular weight is 315 g/mol. The van der Waals surface area contributed by atoms with Crippen molar-refractivity contribution >= 4 is 10.0 Å². The zero-order valence-corrected chi connectivity index (χ0v) is 12.4. The second-order valence-electron chi connectivity index (χ2n) is 5.58. The summed E-state index contributed by atoms with van der Waals surface area (Å²) >= 11 is 0. The summed E-state index contributed by atoms with van der Waals surface area (Å²) in [7, 11) is -3.93. The number of β-amino-alcohol motifs (C(OH)–C–C–N with tert-alkyl or cyclic N) is 1. The first-order valence-electron chi connectivity index (χ1n) is 7.02. The van der Waals surface area contributed by atoms with Gasteiger partial charge in [0.2, 0.25) is 10.0 Å². The van der Waals surface area contributed by atoms with Crippen molar-refractivity contribution in [2.45, 2.75) is 35.9 Å². The normalized spacial score (nSPS) is 30.9. The predicted octanol–water partition coefficient (Wildman–Crippen LogP) is 1.13. The van der Waals surface area contributed by atoms with E-state index in [4.69, 9.17) is 4.74 Å². The molecule has 0 unspecified atom stereocenters. The average Bonchev–Trinajstić information content (AvgIpc) is 2.92. The van der Waals surface area contributed by atoms with E-state index in [0.29, 0.717) is 13.0 Å². The largest absolute Gasteiger partial charge is 0.389 e. The molecule has 1 N–H and O–H groups in total. The minimum atomic E-state index is -3.93. The molecule has 21 heavy (non-hydrogen) atoms. The van der Waals surface area contributed by atoms with Crippen molar-refractivity contribution in [3.63, 3.8) is 0 Å². The van der Waals surface area contributed by atoms with Gasteiger partial charge in [0.05, 0.1) is 11.7 Å². The molecule has 2 aliphatic heterocycles. The molecule has 2 fully saturated rings. The molecule has 1 spiro atoms. The van der Waals surface area contributed by atoms with Gasteiger partial charge in [-0.1, -0.05) is 12.1 Å². The van der Waals surface area contributed by atoms with Crippen LogP contribution >= 0.6 is 0 Å². The Morgan fingerprint density at radius 1 is 1.33 bits per heavy atom. The number of ether oxygens (including phenoxy) is 1. The molecular formula is C14H18FNO4S. The van der Waals surface area contributed by atoms with Gasteiger partial charge in [0, 0.05) is 19.7 Å². The summed E-state index contributed by atoms with van der Waals surface area (Å²) < 4.78 is 45.5. The minimum absolute atomic E-state index is 0.0589. The highest BCUT2D eigenvalue weighted by Gasteiger charge is 2.48. The molecule has 0 bridgehead atoms. The van der Waals surface area contributed by atoms with Gasteiger partial charge in [-0.2, -0.15) is 4.31 Å². The summed E-state index contributed by atoms with van der Waals surface area (Å²) in [6.45, 7) is 0.765. The smallest absolute Gasteiger partial charge is 0.246 e. The van der Waals surface area contributed by atoms with Crippen molar-refractivity contribution in [1.82, 2.24) is 4.31 Å². The number of hydrogen-bond donors (Lipinski definition) is 1. The van der Waals surface area contributed by atoms with E-state index >= 15 is 0 Å². The zero-order chi connectivity index (χ0) is 15.1. The minimum Gasteiger partial charge on any atom is -0.389 e. The molecule has 0 aromatic heterocycles. The van der Waals surface area contributed by atoms with Gasteiger partial charge in [-0.3, -0.25) is 0 Å². The summed E-state index contributed by atoms with van der Waals surface area (Å²) in [5, 5.41) is 10.3. The number of nitrogens with zero attached hydrogens (tertiary/aromatic N) is 1. The Balaban J connectivity index is 1.84. The molecule has 0 amide bonds. The van der Waals surface area contributed by atoms with Crippen LogP contribution in [-0.2, 0) is 14.8 Å². The molecule has 2 atom stereocenters. The standard InChI is InChI=1S/C14H18FNO4S/c15-11-4-1-2-5-12(11)21(18,19)16-8-7-14(13(17)10-16)6-3-9-20-14/h1-2,4-5,13,17H,3,6-10H2/t13-,14-/m0/s1. The number of rotatable bonds is 2. The molecule has 5 nitrogen and oxygen atoms in total. The van der Waals surface area contributed by atoms with Crippen LogP contribution in [0.25, 0.3) is 0 Å². The number of benzene rings is 1. The van der Waals surface area contributed by atoms with Gasteiger partial charge in [-0.15, -0.1) is 0 Å². The van der Waals surface area contributed by atoms with Crippen LogP contribution in [-0.4, -0.2) is 49.2 Å². The Morgan fingerprint density at radius 3 is 2.71 bits per heavy atom. The fraction of sp³-hybridized carbons (Fsp3) is 0.571. The van der Waals surface area contributed by atoms with Crippen LogP contribution in [0.4, 0.5) is 4.39 Å². The molecule has 2 saturated heterocycles. The van der Waals surface area contributed by atoms with Crippen LogP contribution in [0, 0.1) is 5.82 Å². The van der Waals surface area contributed by atoms with Gasteiger partial charge in [0.15, 0.2) is 0 Å². The van der Waals surface area contributed by atoms with Crippen LogP contribution in [0.5, 0.6) is 0 Å². The lowest BCUT2D eigenvalue weighted by atomic mass is 9.87. The van der Waals surface area contributed by atoms with Gasteiger partial charge in [-0.25, -0.2) is 12.8 Å². The highest BCUT2D eigenvalue weighted by molar-refractivity contribution is 7.89. The highest BCUT2D eigenvalue weighted by atomic mass is 32.2. The summed E-state index contributed by atoms with van der Waals surface area (Å²) in [6.07, 6.45) is 1.16. The van der Waals surface area contributed by atoms with E-state index in [1.54, 1.807) is 0 Å². The lowest BCUT2D eigenvalue weighted by molar-refractivity contribution is -0.117. The van der Waals surface area contributed by atoms with Crippen LogP contribution in [0.1, 0.15) is 19.3 Å². The first kappa shape index (κ1) is 14.9. The van der Waals surface area contributed by atoms with Gasteiger partial charge in [-0.05, 0) is 31.4 Å². The fourth-order valence-electron chi connectivity index (χ4n) is 3.12. The molecule has 3 rings (SSSR count). The molecule has 1 aromatic carbocycles. The van der Waals surface area contributed by atoms with Crippen molar-refractivity contribution in [3.8, 4) is 0 Å². The SMILES string of the molecule is O=S(=O)(c1ccccc1F)N1CC[C@@]2(CCCO2)[C@@H](O)C1. The third-order valence-electron chi connectivity index (χ3n) is 4.36. The van der Waals surface area contributed by atoms with Crippen LogP contribution in [0.3, 0.4) is 0 Å². The summed E-state index contributed by atoms with van der Waals surface area (Å²) in [5.41, 5.74) is -0.624. The number of piperidine rings is 1. The number of hydrogen-bond acceptors (Lipinski definition) is 4. The van der Waals surface area contributed by atoms with E-state index in [1.807, 2.05) is 0 Å². The third-order valence-corrected chi connectivity index (χ3v) is 6.25. The Hall–Kier alpha value is -1.02. The molecular weight excluding hydrogens is 297 g/mol. The topological polar surface area (TPSA) is 66.8 Å². The third kappa shape index (κ3) is 2.48. The maximum absolute atomic E-state index is 13.7. The lowest BCUT2D eigenvalue weighted by Crippen LogP contribution is -2.56. The summed E-state index contributed by atoms with van der Waals surface area (Å²) in [5.74, 6) is -0.774. The van der Waals surface area contributed by atoms with Crippen LogP contribution < -0.4 is 0 Å². The van der Waals surface area contributed by atoms with E-state index in [2.05, 4.69) is 0 Å². The van der Waals surface area contributed by atoms with E-state index in [1.165, 1.54) is 18.2 Å². The maximum Gasteiger partial charge on any atom is 0.246 e.